The van der Waals surface area contributed by atoms with E-state index in [1.165, 1.54) is 30.5 Å². The molecule has 6 heteroatoms. The van der Waals surface area contributed by atoms with E-state index in [1.807, 2.05) is 0 Å². The number of pyridine rings is 1. The van der Waals surface area contributed by atoms with Crippen LogP contribution in [0.25, 0.3) is 0 Å². The highest BCUT2D eigenvalue weighted by Gasteiger charge is 2.38. The zero-order chi connectivity index (χ0) is 14.3. The van der Waals surface area contributed by atoms with Gasteiger partial charge in [0, 0.05) is 18.3 Å². The molecule has 0 bridgehead atoms. The number of hydrogen-bond acceptors (Lipinski definition) is 4. The summed E-state index contributed by atoms with van der Waals surface area (Å²) in [6.07, 6.45) is 1.43. The lowest BCUT2D eigenvalue weighted by Crippen LogP contribution is -2.31. The van der Waals surface area contributed by atoms with Crippen LogP contribution in [0.3, 0.4) is 0 Å². The highest BCUT2D eigenvalue weighted by molar-refractivity contribution is 6.33. The number of carbonyl (C=O) groups excluding carboxylic acids is 2. The number of hydrogen-bond donors (Lipinski definition) is 1. The van der Waals surface area contributed by atoms with Gasteiger partial charge in [-0.2, -0.15) is 0 Å². The Bertz CT molecular complexity index is 695. The summed E-state index contributed by atoms with van der Waals surface area (Å²) < 4.78 is 13.7. The first-order chi connectivity index (χ1) is 9.65. The predicted octanol–water partition coefficient (Wildman–Crippen LogP) is 1.48. The average Bonchev–Trinajstić information content (AvgIpc) is 2.71. The van der Waals surface area contributed by atoms with Crippen molar-refractivity contribution < 1.29 is 14.0 Å². The quantitative estimate of drug-likeness (QED) is 0.839. The summed E-state index contributed by atoms with van der Waals surface area (Å²) in [6, 6.07) is 7.25. The van der Waals surface area contributed by atoms with Crippen LogP contribution in [0, 0.1) is 5.82 Å². The van der Waals surface area contributed by atoms with Gasteiger partial charge in [-0.25, -0.2) is 9.29 Å². The van der Waals surface area contributed by atoms with Gasteiger partial charge in [0.25, 0.3) is 11.8 Å². The van der Waals surface area contributed by atoms with E-state index in [-0.39, 0.29) is 29.1 Å². The van der Waals surface area contributed by atoms with Crippen LogP contribution in [0.2, 0.25) is 0 Å². The molecule has 2 heterocycles. The van der Waals surface area contributed by atoms with Crippen molar-refractivity contribution in [2.45, 2.75) is 6.54 Å². The Morgan fingerprint density at radius 1 is 1.15 bits per heavy atom. The van der Waals surface area contributed by atoms with Gasteiger partial charge in [0.1, 0.15) is 11.5 Å². The number of amides is 2. The van der Waals surface area contributed by atoms with Crippen molar-refractivity contribution in [3.63, 3.8) is 0 Å². The number of benzene rings is 1. The molecule has 2 N–H and O–H groups in total. The predicted molar refractivity (Wildman–Crippen MR) is 69.7 cm³/mol. The van der Waals surface area contributed by atoms with Crippen LogP contribution in [0.15, 0.2) is 36.5 Å². The minimum atomic E-state index is -0.564. The van der Waals surface area contributed by atoms with Crippen molar-refractivity contribution in [3.05, 3.63) is 59.2 Å². The van der Waals surface area contributed by atoms with Gasteiger partial charge in [-0.1, -0.05) is 6.07 Å². The van der Waals surface area contributed by atoms with E-state index in [4.69, 9.17) is 5.73 Å². The molecule has 0 spiro atoms. The summed E-state index contributed by atoms with van der Waals surface area (Å²) in [7, 11) is 0. The number of nitrogens with two attached hydrogens (primary N) is 1. The van der Waals surface area contributed by atoms with Crippen molar-refractivity contribution >= 4 is 17.5 Å². The third-order valence-corrected chi connectivity index (χ3v) is 3.19. The van der Waals surface area contributed by atoms with Crippen molar-refractivity contribution in [2.24, 2.45) is 5.73 Å². The minimum absolute atomic E-state index is 0.0738. The Balaban J connectivity index is 2.17. The summed E-state index contributed by atoms with van der Waals surface area (Å²) >= 11 is 0. The summed E-state index contributed by atoms with van der Waals surface area (Å²) in [5, 5.41) is 0. The van der Waals surface area contributed by atoms with Crippen LogP contribution in [-0.2, 0) is 6.54 Å². The van der Waals surface area contributed by atoms with Gasteiger partial charge >= 0.3 is 0 Å². The van der Waals surface area contributed by atoms with E-state index < -0.39 is 17.6 Å². The largest absolute Gasteiger partial charge is 0.326 e. The molecule has 0 fully saturated rings. The van der Waals surface area contributed by atoms with E-state index in [2.05, 4.69) is 4.98 Å². The molecule has 100 valence electrons. The maximum atomic E-state index is 13.7. The molecule has 0 radical (unpaired) electrons. The van der Waals surface area contributed by atoms with Gasteiger partial charge in [0.15, 0.2) is 0 Å². The number of nitrogens with zero attached hydrogens (tertiary/aromatic N) is 2. The van der Waals surface area contributed by atoms with Crippen LogP contribution >= 0.6 is 0 Å². The van der Waals surface area contributed by atoms with Gasteiger partial charge in [-0.15, -0.1) is 0 Å². The smallest absolute Gasteiger partial charge is 0.284 e. The minimum Gasteiger partial charge on any atom is -0.326 e. The van der Waals surface area contributed by atoms with Crippen molar-refractivity contribution in [2.75, 3.05) is 4.90 Å². The maximum absolute atomic E-state index is 13.7. The maximum Gasteiger partial charge on any atom is 0.284 e. The lowest BCUT2D eigenvalue weighted by atomic mass is 10.1. The highest BCUT2D eigenvalue weighted by atomic mass is 19.1. The number of imide groups is 1. The summed E-state index contributed by atoms with van der Waals surface area (Å²) in [5.41, 5.74) is 6.09. The van der Waals surface area contributed by atoms with Gasteiger partial charge in [0.05, 0.1) is 11.3 Å². The fourth-order valence-corrected chi connectivity index (χ4v) is 2.24. The van der Waals surface area contributed by atoms with Crippen molar-refractivity contribution in [3.8, 4) is 0 Å². The normalized spacial score (nSPS) is 13.8. The van der Waals surface area contributed by atoms with Crippen molar-refractivity contribution in [1.82, 2.24) is 4.98 Å². The first kappa shape index (κ1) is 12.4. The van der Waals surface area contributed by atoms with Crippen molar-refractivity contribution in [1.29, 1.82) is 0 Å². The topological polar surface area (TPSA) is 76.3 Å². The Labute approximate surface area is 113 Å². The third kappa shape index (κ3) is 1.62. The molecule has 1 aromatic carbocycles. The molecule has 20 heavy (non-hydrogen) atoms. The number of carbonyl (C=O) groups is 2. The van der Waals surface area contributed by atoms with Gasteiger partial charge in [-0.05, 0) is 24.3 Å². The molecule has 3 rings (SSSR count). The van der Waals surface area contributed by atoms with Crippen LogP contribution in [0.4, 0.5) is 10.1 Å². The van der Waals surface area contributed by atoms with Crippen LogP contribution in [0.5, 0.6) is 0 Å². The molecule has 1 aliphatic heterocycles. The zero-order valence-electron chi connectivity index (χ0n) is 10.3. The molecule has 0 saturated carbocycles. The number of fused-ring (bicyclic) bond motifs is 1. The molecule has 5 nitrogen and oxygen atoms in total. The lowest BCUT2D eigenvalue weighted by molar-refractivity contribution is 0.0924. The Kier molecular flexibility index (Phi) is 2.80. The van der Waals surface area contributed by atoms with Crippen LogP contribution < -0.4 is 10.6 Å². The Hall–Kier alpha value is -2.60. The molecule has 0 saturated heterocycles. The third-order valence-electron chi connectivity index (χ3n) is 3.19. The van der Waals surface area contributed by atoms with Gasteiger partial charge in [0.2, 0.25) is 0 Å². The molecule has 1 aliphatic rings. The van der Waals surface area contributed by atoms with E-state index >= 15 is 0 Å². The number of anilines is 1. The molecular formula is C14H10FN3O2. The second kappa shape index (κ2) is 4.50. The number of halogens is 1. The Morgan fingerprint density at radius 2 is 1.95 bits per heavy atom. The fourth-order valence-electron chi connectivity index (χ4n) is 2.24. The molecule has 0 aliphatic carbocycles. The second-order valence-electron chi connectivity index (χ2n) is 4.29. The monoisotopic (exact) mass is 271 g/mol. The summed E-state index contributed by atoms with van der Waals surface area (Å²) in [6.45, 7) is -0.108. The second-order valence-corrected chi connectivity index (χ2v) is 4.29. The standard InChI is InChI=1S/C14H10FN3O2/c15-10-4-1-5-11(9(10)7-16)18-13(19)8-3-2-6-17-12(8)14(18)20/h1-6H,7,16H2. The summed E-state index contributed by atoms with van der Waals surface area (Å²) in [5.74, 6) is -1.63. The molecule has 1 aromatic heterocycles. The first-order valence-electron chi connectivity index (χ1n) is 5.96. The molecular weight excluding hydrogens is 261 g/mol. The zero-order valence-corrected chi connectivity index (χ0v) is 10.3. The first-order valence-corrected chi connectivity index (χ1v) is 5.96. The summed E-state index contributed by atoms with van der Waals surface area (Å²) in [4.78, 5) is 29.4. The number of aromatic nitrogens is 1. The molecule has 2 amide bonds. The average molecular weight is 271 g/mol. The van der Waals surface area contributed by atoms with E-state index in [9.17, 15) is 14.0 Å². The van der Waals surface area contributed by atoms with Crippen LogP contribution in [0.1, 0.15) is 26.4 Å². The van der Waals surface area contributed by atoms with Crippen LogP contribution in [-0.4, -0.2) is 16.8 Å². The van der Waals surface area contributed by atoms with Gasteiger partial charge in [-0.3, -0.25) is 14.6 Å². The molecule has 0 atom stereocenters. The van der Waals surface area contributed by atoms with E-state index in [0.717, 1.165) is 4.90 Å². The lowest BCUT2D eigenvalue weighted by Gasteiger charge is -2.17. The van der Waals surface area contributed by atoms with Gasteiger partial charge < -0.3 is 5.73 Å². The number of rotatable bonds is 2. The SMILES string of the molecule is NCc1c(F)cccc1N1C(=O)c2cccnc2C1=O. The van der Waals surface area contributed by atoms with E-state index in [0.29, 0.717) is 0 Å². The molecule has 0 unspecified atom stereocenters. The fraction of sp³-hybridized carbons (Fsp3) is 0.0714. The highest BCUT2D eigenvalue weighted by Crippen LogP contribution is 2.30. The Morgan fingerprint density at radius 3 is 2.65 bits per heavy atom. The molecule has 2 aromatic rings. The van der Waals surface area contributed by atoms with E-state index in [1.54, 1.807) is 6.07 Å².